The standard InChI is InChI=1S/C22H18BrN3O3/c23-18-11-12-20(29-15-21(27)25-19-9-5-2-6-10-19)17(13-18)14-24-26-22(28)16-7-3-1-4-8-16/h1-14H,15H2,(H,25,27)(H,26,28)/b24-14+. The first-order valence-electron chi connectivity index (χ1n) is 8.77. The number of nitrogens with zero attached hydrogens (tertiary/aromatic N) is 1. The molecule has 3 rings (SSSR count). The maximum atomic E-state index is 12.1. The highest BCUT2D eigenvalue weighted by molar-refractivity contribution is 9.10. The zero-order valence-corrected chi connectivity index (χ0v) is 16.9. The quantitative estimate of drug-likeness (QED) is 0.416. The molecule has 0 bridgehead atoms. The summed E-state index contributed by atoms with van der Waals surface area (Å²) in [7, 11) is 0. The maximum absolute atomic E-state index is 12.1. The fraction of sp³-hybridized carbons (Fsp3) is 0.0455. The topological polar surface area (TPSA) is 79.8 Å². The minimum absolute atomic E-state index is 0.159. The lowest BCUT2D eigenvalue weighted by molar-refractivity contribution is -0.118. The lowest BCUT2D eigenvalue weighted by Crippen LogP contribution is -2.20. The molecule has 0 saturated heterocycles. The summed E-state index contributed by atoms with van der Waals surface area (Å²) in [6.07, 6.45) is 1.47. The third-order valence-corrected chi connectivity index (χ3v) is 4.29. The van der Waals surface area contributed by atoms with Gasteiger partial charge < -0.3 is 10.1 Å². The molecule has 3 aromatic carbocycles. The maximum Gasteiger partial charge on any atom is 0.271 e. The molecule has 0 aliphatic rings. The van der Waals surface area contributed by atoms with Crippen molar-refractivity contribution in [2.24, 2.45) is 5.10 Å². The van der Waals surface area contributed by atoms with Crippen LogP contribution in [0.2, 0.25) is 0 Å². The number of benzene rings is 3. The van der Waals surface area contributed by atoms with E-state index >= 15 is 0 Å². The largest absolute Gasteiger partial charge is 0.483 e. The van der Waals surface area contributed by atoms with Gasteiger partial charge in [-0.3, -0.25) is 9.59 Å². The summed E-state index contributed by atoms with van der Waals surface area (Å²) in [5, 5.41) is 6.74. The van der Waals surface area contributed by atoms with E-state index in [9.17, 15) is 9.59 Å². The van der Waals surface area contributed by atoms with Crippen LogP contribution in [0.25, 0.3) is 0 Å². The van der Waals surface area contributed by atoms with Crippen LogP contribution in [-0.2, 0) is 4.79 Å². The summed E-state index contributed by atoms with van der Waals surface area (Å²) in [4.78, 5) is 24.1. The van der Waals surface area contributed by atoms with E-state index in [1.54, 1.807) is 54.6 Å². The number of carbonyl (C=O) groups excluding carboxylic acids is 2. The van der Waals surface area contributed by atoms with Crippen molar-refractivity contribution in [3.63, 3.8) is 0 Å². The molecule has 6 nitrogen and oxygen atoms in total. The van der Waals surface area contributed by atoms with Crippen molar-refractivity contribution in [1.29, 1.82) is 0 Å². The fourth-order valence-corrected chi connectivity index (χ4v) is 2.81. The van der Waals surface area contributed by atoms with Crippen LogP contribution in [0.3, 0.4) is 0 Å². The average molecular weight is 452 g/mol. The monoisotopic (exact) mass is 451 g/mol. The summed E-state index contributed by atoms with van der Waals surface area (Å²) < 4.78 is 6.45. The van der Waals surface area contributed by atoms with Gasteiger partial charge in [0.05, 0.1) is 6.21 Å². The zero-order chi connectivity index (χ0) is 20.5. The van der Waals surface area contributed by atoms with E-state index in [1.165, 1.54) is 6.21 Å². The number of anilines is 1. The van der Waals surface area contributed by atoms with Gasteiger partial charge in [-0.1, -0.05) is 52.3 Å². The van der Waals surface area contributed by atoms with Crippen LogP contribution in [0.1, 0.15) is 15.9 Å². The Morgan fingerprint density at radius 1 is 0.966 bits per heavy atom. The number of nitrogens with one attached hydrogen (secondary N) is 2. The molecule has 0 aromatic heterocycles. The number of halogens is 1. The van der Waals surface area contributed by atoms with Gasteiger partial charge in [-0.15, -0.1) is 0 Å². The number of hydrogen-bond donors (Lipinski definition) is 2. The highest BCUT2D eigenvalue weighted by Gasteiger charge is 2.08. The SMILES string of the molecule is O=C(COc1ccc(Br)cc1/C=N/NC(=O)c1ccccc1)Nc1ccccc1. The van der Waals surface area contributed by atoms with Gasteiger partial charge in [-0.25, -0.2) is 5.43 Å². The first-order chi connectivity index (χ1) is 14.1. The van der Waals surface area contributed by atoms with Crippen molar-refractivity contribution in [1.82, 2.24) is 5.43 Å². The predicted molar refractivity (Wildman–Crippen MR) is 116 cm³/mol. The van der Waals surface area contributed by atoms with Gasteiger partial charge >= 0.3 is 0 Å². The van der Waals surface area contributed by atoms with Crippen LogP contribution in [0, 0.1) is 0 Å². The molecule has 146 valence electrons. The molecule has 29 heavy (non-hydrogen) atoms. The molecule has 7 heteroatoms. The second-order valence-corrected chi connectivity index (χ2v) is 6.87. The van der Waals surface area contributed by atoms with Crippen molar-refractivity contribution in [3.8, 4) is 5.75 Å². The third kappa shape index (κ3) is 6.29. The van der Waals surface area contributed by atoms with Crippen molar-refractivity contribution in [2.45, 2.75) is 0 Å². The van der Waals surface area contributed by atoms with Gasteiger partial charge in [0.25, 0.3) is 11.8 Å². The number of rotatable bonds is 7. The molecule has 0 fully saturated rings. The van der Waals surface area contributed by atoms with Gasteiger partial charge in [0.15, 0.2) is 6.61 Å². The summed E-state index contributed by atoms with van der Waals surface area (Å²) in [6, 6.07) is 23.2. The van der Waals surface area contributed by atoms with Crippen LogP contribution in [0.5, 0.6) is 5.75 Å². The van der Waals surface area contributed by atoms with Crippen LogP contribution in [0.15, 0.2) is 88.4 Å². The number of carbonyl (C=O) groups is 2. The molecular formula is C22H18BrN3O3. The minimum Gasteiger partial charge on any atom is -0.483 e. The molecule has 0 atom stereocenters. The molecular weight excluding hydrogens is 434 g/mol. The first kappa shape index (κ1) is 20.3. The van der Waals surface area contributed by atoms with E-state index in [-0.39, 0.29) is 18.4 Å². The zero-order valence-electron chi connectivity index (χ0n) is 15.3. The van der Waals surface area contributed by atoms with Crippen LogP contribution < -0.4 is 15.5 Å². The molecule has 0 saturated carbocycles. The Balaban J connectivity index is 1.61. The van der Waals surface area contributed by atoms with Crippen molar-refractivity contribution < 1.29 is 14.3 Å². The molecule has 3 aromatic rings. The Morgan fingerprint density at radius 2 is 1.66 bits per heavy atom. The fourth-order valence-electron chi connectivity index (χ4n) is 2.43. The molecule has 0 heterocycles. The second-order valence-electron chi connectivity index (χ2n) is 5.95. The number of ether oxygens (including phenoxy) is 1. The van der Waals surface area contributed by atoms with Gasteiger partial charge in [0.1, 0.15) is 5.75 Å². The Morgan fingerprint density at radius 3 is 2.38 bits per heavy atom. The molecule has 0 spiro atoms. The Hall–Kier alpha value is -3.45. The molecule has 0 aliphatic heterocycles. The van der Waals surface area contributed by atoms with E-state index in [0.29, 0.717) is 22.6 Å². The van der Waals surface area contributed by atoms with Gasteiger partial charge in [-0.05, 0) is 42.5 Å². The van der Waals surface area contributed by atoms with Gasteiger partial charge in [0.2, 0.25) is 0 Å². The number of amides is 2. The number of hydrogen-bond acceptors (Lipinski definition) is 4. The van der Waals surface area contributed by atoms with E-state index in [2.05, 4.69) is 31.8 Å². The van der Waals surface area contributed by atoms with E-state index < -0.39 is 0 Å². The average Bonchev–Trinajstić information content (AvgIpc) is 2.74. The van der Waals surface area contributed by atoms with Crippen LogP contribution in [0.4, 0.5) is 5.69 Å². The lowest BCUT2D eigenvalue weighted by atomic mass is 10.2. The molecule has 2 amide bonds. The lowest BCUT2D eigenvalue weighted by Gasteiger charge is -2.10. The normalized spacial score (nSPS) is 10.5. The molecule has 0 radical (unpaired) electrons. The number of para-hydroxylation sites is 1. The molecule has 0 unspecified atom stereocenters. The van der Waals surface area contributed by atoms with E-state index in [4.69, 9.17) is 4.74 Å². The van der Waals surface area contributed by atoms with E-state index in [0.717, 1.165) is 4.47 Å². The smallest absolute Gasteiger partial charge is 0.271 e. The Labute approximate surface area is 176 Å². The van der Waals surface area contributed by atoms with E-state index in [1.807, 2.05) is 24.3 Å². The highest BCUT2D eigenvalue weighted by atomic mass is 79.9. The molecule has 2 N–H and O–H groups in total. The molecule has 0 aliphatic carbocycles. The van der Waals surface area contributed by atoms with Crippen LogP contribution in [-0.4, -0.2) is 24.6 Å². The van der Waals surface area contributed by atoms with Gasteiger partial charge in [-0.2, -0.15) is 5.10 Å². The van der Waals surface area contributed by atoms with Crippen molar-refractivity contribution >= 4 is 39.6 Å². The Kier molecular flexibility index (Phi) is 7.13. The van der Waals surface area contributed by atoms with Gasteiger partial charge in [0, 0.05) is 21.3 Å². The summed E-state index contributed by atoms with van der Waals surface area (Å²) >= 11 is 3.39. The number of hydrazone groups is 1. The third-order valence-electron chi connectivity index (χ3n) is 3.79. The minimum atomic E-state index is -0.318. The summed E-state index contributed by atoms with van der Waals surface area (Å²) in [5.41, 5.74) is 4.29. The predicted octanol–water partition coefficient (Wildman–Crippen LogP) is 4.23. The van der Waals surface area contributed by atoms with Crippen molar-refractivity contribution in [3.05, 3.63) is 94.5 Å². The second kappa shape index (κ2) is 10.2. The summed E-state index contributed by atoms with van der Waals surface area (Å²) in [5.74, 6) is -0.130. The highest BCUT2D eigenvalue weighted by Crippen LogP contribution is 2.22. The summed E-state index contributed by atoms with van der Waals surface area (Å²) in [6.45, 7) is -0.159. The van der Waals surface area contributed by atoms with Crippen molar-refractivity contribution in [2.75, 3.05) is 11.9 Å². The van der Waals surface area contributed by atoms with Crippen LogP contribution >= 0.6 is 15.9 Å². The Bertz CT molecular complexity index is 1010. The first-order valence-corrected chi connectivity index (χ1v) is 9.57.